The Hall–Kier alpha value is -1.94. The molecular formula is C15H19N3O. The van der Waals surface area contributed by atoms with E-state index < -0.39 is 0 Å². The monoisotopic (exact) mass is 257 g/mol. The summed E-state index contributed by atoms with van der Waals surface area (Å²) in [5.74, 6) is -0.0256. The Morgan fingerprint density at radius 2 is 2.21 bits per heavy atom. The minimum atomic E-state index is -0.0583. The van der Waals surface area contributed by atoms with Crippen LogP contribution in [-0.4, -0.2) is 24.0 Å². The van der Waals surface area contributed by atoms with Crippen molar-refractivity contribution < 1.29 is 4.79 Å². The first-order valence-corrected chi connectivity index (χ1v) is 6.56. The molecule has 1 atom stereocenters. The molecule has 0 fully saturated rings. The summed E-state index contributed by atoms with van der Waals surface area (Å²) in [6.07, 6.45) is 3.53. The molecule has 0 aliphatic rings. The van der Waals surface area contributed by atoms with E-state index in [0.29, 0.717) is 6.54 Å². The van der Waals surface area contributed by atoms with Gasteiger partial charge in [0.05, 0.1) is 0 Å². The SMILES string of the molecule is CCNCC(C)C(=O)Nc1cccc2cnccc12. The van der Waals surface area contributed by atoms with Gasteiger partial charge < -0.3 is 10.6 Å². The van der Waals surface area contributed by atoms with Gasteiger partial charge in [-0.25, -0.2) is 0 Å². The number of hydrogen-bond acceptors (Lipinski definition) is 3. The van der Waals surface area contributed by atoms with Crippen LogP contribution in [-0.2, 0) is 4.79 Å². The topological polar surface area (TPSA) is 54.0 Å². The predicted octanol–water partition coefficient (Wildman–Crippen LogP) is 2.42. The van der Waals surface area contributed by atoms with Crippen molar-refractivity contribution in [1.82, 2.24) is 10.3 Å². The molecule has 100 valence electrons. The molecule has 1 amide bonds. The zero-order valence-electron chi connectivity index (χ0n) is 11.3. The molecular weight excluding hydrogens is 238 g/mol. The molecule has 4 nitrogen and oxygen atoms in total. The maximum atomic E-state index is 12.1. The Morgan fingerprint density at radius 1 is 1.37 bits per heavy atom. The number of aromatic nitrogens is 1. The van der Waals surface area contributed by atoms with Gasteiger partial charge in [-0.15, -0.1) is 0 Å². The van der Waals surface area contributed by atoms with E-state index >= 15 is 0 Å². The van der Waals surface area contributed by atoms with Crippen molar-refractivity contribution >= 4 is 22.4 Å². The molecule has 0 bridgehead atoms. The van der Waals surface area contributed by atoms with Crippen molar-refractivity contribution in [3.8, 4) is 0 Å². The number of anilines is 1. The summed E-state index contributed by atoms with van der Waals surface area (Å²) in [6, 6.07) is 7.74. The molecule has 0 aliphatic heterocycles. The highest BCUT2D eigenvalue weighted by atomic mass is 16.1. The Morgan fingerprint density at radius 3 is 3.00 bits per heavy atom. The second kappa shape index (κ2) is 6.29. The minimum Gasteiger partial charge on any atom is -0.325 e. The molecule has 0 radical (unpaired) electrons. The molecule has 19 heavy (non-hydrogen) atoms. The molecule has 0 aliphatic carbocycles. The summed E-state index contributed by atoms with van der Waals surface area (Å²) in [5.41, 5.74) is 0.841. The highest BCUT2D eigenvalue weighted by Crippen LogP contribution is 2.22. The van der Waals surface area contributed by atoms with E-state index in [1.54, 1.807) is 12.4 Å². The normalized spacial score (nSPS) is 12.3. The van der Waals surface area contributed by atoms with Crippen LogP contribution in [0.1, 0.15) is 13.8 Å². The predicted molar refractivity (Wildman–Crippen MR) is 78.1 cm³/mol. The van der Waals surface area contributed by atoms with Crippen LogP contribution in [0.3, 0.4) is 0 Å². The molecule has 0 saturated heterocycles. The molecule has 2 rings (SSSR count). The molecule has 1 aromatic carbocycles. The first-order valence-electron chi connectivity index (χ1n) is 6.56. The van der Waals surface area contributed by atoms with Crippen LogP contribution in [0.2, 0.25) is 0 Å². The van der Waals surface area contributed by atoms with Gasteiger partial charge in [0.25, 0.3) is 0 Å². The van der Waals surface area contributed by atoms with Gasteiger partial charge in [0, 0.05) is 41.3 Å². The number of rotatable bonds is 5. The van der Waals surface area contributed by atoms with Gasteiger partial charge in [0.15, 0.2) is 0 Å². The largest absolute Gasteiger partial charge is 0.325 e. The standard InChI is InChI=1S/C15H19N3O/c1-3-16-9-11(2)15(19)18-14-6-4-5-12-10-17-8-7-13(12)14/h4-8,10-11,16H,3,9H2,1-2H3,(H,18,19). The van der Waals surface area contributed by atoms with Crippen molar-refractivity contribution in [3.05, 3.63) is 36.7 Å². The second-order valence-corrected chi connectivity index (χ2v) is 4.60. The lowest BCUT2D eigenvalue weighted by Gasteiger charge is -2.13. The molecule has 4 heteroatoms. The zero-order valence-corrected chi connectivity index (χ0v) is 11.3. The van der Waals surface area contributed by atoms with Crippen LogP contribution in [0.5, 0.6) is 0 Å². The number of nitrogens with zero attached hydrogens (tertiary/aromatic N) is 1. The number of hydrogen-bond donors (Lipinski definition) is 2. The van der Waals surface area contributed by atoms with Gasteiger partial charge >= 0.3 is 0 Å². The van der Waals surface area contributed by atoms with Crippen molar-refractivity contribution in [1.29, 1.82) is 0 Å². The number of carbonyl (C=O) groups excluding carboxylic acids is 1. The van der Waals surface area contributed by atoms with E-state index in [-0.39, 0.29) is 11.8 Å². The molecule has 2 aromatic rings. The van der Waals surface area contributed by atoms with Crippen molar-refractivity contribution in [2.75, 3.05) is 18.4 Å². The Balaban J connectivity index is 2.15. The first-order chi connectivity index (χ1) is 9.22. The number of nitrogens with one attached hydrogen (secondary N) is 2. The van der Waals surface area contributed by atoms with Gasteiger partial charge in [0.1, 0.15) is 0 Å². The van der Waals surface area contributed by atoms with Crippen LogP contribution in [0.25, 0.3) is 10.8 Å². The third-order valence-corrected chi connectivity index (χ3v) is 3.09. The Labute approximate surface area is 113 Å². The van der Waals surface area contributed by atoms with Crippen LogP contribution >= 0.6 is 0 Å². The molecule has 0 spiro atoms. The van der Waals surface area contributed by atoms with Gasteiger partial charge in [0.2, 0.25) is 5.91 Å². The average molecular weight is 257 g/mol. The number of amides is 1. The first kappa shape index (κ1) is 13.5. The smallest absolute Gasteiger partial charge is 0.228 e. The van der Waals surface area contributed by atoms with Gasteiger partial charge in [-0.1, -0.05) is 26.0 Å². The molecule has 2 N–H and O–H groups in total. The highest BCUT2D eigenvalue weighted by Gasteiger charge is 2.13. The lowest BCUT2D eigenvalue weighted by Crippen LogP contribution is -2.30. The number of pyridine rings is 1. The summed E-state index contributed by atoms with van der Waals surface area (Å²) < 4.78 is 0. The van der Waals surface area contributed by atoms with E-state index in [4.69, 9.17) is 0 Å². The number of carbonyl (C=O) groups is 1. The lowest BCUT2D eigenvalue weighted by molar-refractivity contribution is -0.119. The van der Waals surface area contributed by atoms with E-state index in [9.17, 15) is 4.79 Å². The van der Waals surface area contributed by atoms with E-state index in [0.717, 1.165) is 23.0 Å². The third kappa shape index (κ3) is 3.29. The van der Waals surface area contributed by atoms with Crippen molar-refractivity contribution in [2.45, 2.75) is 13.8 Å². The maximum Gasteiger partial charge on any atom is 0.228 e. The quantitative estimate of drug-likeness (QED) is 0.865. The van der Waals surface area contributed by atoms with Crippen LogP contribution in [0, 0.1) is 5.92 Å². The van der Waals surface area contributed by atoms with E-state index in [1.165, 1.54) is 0 Å². The molecule has 1 heterocycles. The van der Waals surface area contributed by atoms with E-state index in [2.05, 4.69) is 15.6 Å². The van der Waals surface area contributed by atoms with Crippen LogP contribution in [0.15, 0.2) is 36.7 Å². The molecule has 1 aromatic heterocycles. The summed E-state index contributed by atoms with van der Waals surface area (Å²) in [5, 5.41) is 8.21. The summed E-state index contributed by atoms with van der Waals surface area (Å²) in [6.45, 7) is 5.51. The fraction of sp³-hybridized carbons (Fsp3) is 0.333. The minimum absolute atomic E-state index is 0.0327. The zero-order chi connectivity index (χ0) is 13.7. The summed E-state index contributed by atoms with van der Waals surface area (Å²) in [7, 11) is 0. The number of fused-ring (bicyclic) bond motifs is 1. The third-order valence-electron chi connectivity index (χ3n) is 3.09. The van der Waals surface area contributed by atoms with Gasteiger partial charge in [-0.2, -0.15) is 0 Å². The maximum absolute atomic E-state index is 12.1. The molecule has 1 unspecified atom stereocenters. The fourth-order valence-electron chi connectivity index (χ4n) is 1.94. The van der Waals surface area contributed by atoms with Gasteiger partial charge in [-0.3, -0.25) is 9.78 Å². The van der Waals surface area contributed by atoms with Crippen LogP contribution < -0.4 is 10.6 Å². The summed E-state index contributed by atoms with van der Waals surface area (Å²) >= 11 is 0. The Kier molecular flexibility index (Phi) is 4.47. The number of benzene rings is 1. The van der Waals surface area contributed by atoms with E-state index in [1.807, 2.05) is 38.1 Å². The summed E-state index contributed by atoms with van der Waals surface area (Å²) in [4.78, 5) is 16.2. The molecule has 0 saturated carbocycles. The Bertz CT molecular complexity index is 563. The van der Waals surface area contributed by atoms with Crippen molar-refractivity contribution in [2.24, 2.45) is 5.92 Å². The lowest BCUT2D eigenvalue weighted by atomic mass is 10.1. The van der Waals surface area contributed by atoms with Crippen molar-refractivity contribution in [3.63, 3.8) is 0 Å². The van der Waals surface area contributed by atoms with Gasteiger partial charge in [-0.05, 0) is 18.7 Å². The highest BCUT2D eigenvalue weighted by molar-refractivity contribution is 6.02. The fourth-order valence-corrected chi connectivity index (χ4v) is 1.94. The van der Waals surface area contributed by atoms with Crippen LogP contribution in [0.4, 0.5) is 5.69 Å². The average Bonchev–Trinajstić information content (AvgIpc) is 2.45. The second-order valence-electron chi connectivity index (χ2n) is 4.60.